The molecule has 9 nitrogen and oxygen atoms in total. The zero-order valence-corrected chi connectivity index (χ0v) is 17.6. The second-order valence-corrected chi connectivity index (χ2v) is 7.24. The summed E-state index contributed by atoms with van der Waals surface area (Å²) in [7, 11) is 1.59. The molecule has 0 amide bonds. The number of hydrogen-bond acceptors (Lipinski definition) is 7. The van der Waals surface area contributed by atoms with Gasteiger partial charge in [0.25, 0.3) is 5.56 Å². The molecule has 3 heterocycles. The molecule has 0 aromatic carbocycles. The highest BCUT2D eigenvalue weighted by molar-refractivity contribution is 5.76. The average molecular weight is 414 g/mol. The van der Waals surface area contributed by atoms with E-state index < -0.39 is 5.97 Å². The van der Waals surface area contributed by atoms with Crippen LogP contribution in [-0.4, -0.2) is 44.5 Å². The Morgan fingerprint density at radius 1 is 1.30 bits per heavy atom. The molecule has 3 aromatic heterocycles. The van der Waals surface area contributed by atoms with E-state index in [0.29, 0.717) is 47.8 Å². The van der Waals surface area contributed by atoms with Gasteiger partial charge in [-0.1, -0.05) is 12.1 Å². The Hall–Kier alpha value is -3.07. The predicted molar refractivity (Wildman–Crippen MR) is 111 cm³/mol. The summed E-state index contributed by atoms with van der Waals surface area (Å²) in [5.41, 5.74) is 3.27. The predicted octanol–water partition coefficient (Wildman–Crippen LogP) is 3.07. The van der Waals surface area contributed by atoms with Crippen LogP contribution in [0.4, 0.5) is 0 Å². The van der Waals surface area contributed by atoms with Gasteiger partial charge in [0.05, 0.1) is 29.6 Å². The van der Waals surface area contributed by atoms with Crippen LogP contribution in [0.25, 0.3) is 22.4 Å². The maximum absolute atomic E-state index is 13.3. The molecule has 0 aliphatic carbocycles. The molecular weight excluding hydrogens is 388 g/mol. The van der Waals surface area contributed by atoms with Crippen molar-refractivity contribution in [2.24, 2.45) is 0 Å². The van der Waals surface area contributed by atoms with Crippen LogP contribution < -0.4 is 5.56 Å². The molecule has 0 saturated heterocycles. The first-order chi connectivity index (χ1) is 14.4. The summed E-state index contributed by atoms with van der Waals surface area (Å²) < 4.78 is 12.2. The monoisotopic (exact) mass is 414 g/mol. The number of aromatic nitrogens is 4. The summed E-state index contributed by atoms with van der Waals surface area (Å²) >= 11 is 0. The fourth-order valence-electron chi connectivity index (χ4n) is 3.60. The topological polar surface area (TPSA) is 120 Å². The molecule has 0 saturated carbocycles. The van der Waals surface area contributed by atoms with Gasteiger partial charge in [-0.05, 0) is 45.2 Å². The van der Waals surface area contributed by atoms with Gasteiger partial charge in [0.15, 0.2) is 5.65 Å². The lowest BCUT2D eigenvalue weighted by Gasteiger charge is -2.20. The molecule has 0 unspecified atom stereocenters. The third-order valence-electron chi connectivity index (χ3n) is 5.09. The van der Waals surface area contributed by atoms with E-state index in [1.54, 1.807) is 11.7 Å². The summed E-state index contributed by atoms with van der Waals surface area (Å²) in [5.74, 6) is -0.247. The Morgan fingerprint density at radius 3 is 2.67 bits per heavy atom. The number of carbonyl (C=O) groups is 1. The Labute approximate surface area is 173 Å². The van der Waals surface area contributed by atoms with Gasteiger partial charge in [-0.2, -0.15) is 0 Å². The molecular formula is C21H26N4O5. The number of rotatable bonds is 9. The third kappa shape index (κ3) is 4.25. The van der Waals surface area contributed by atoms with Crippen molar-refractivity contribution in [1.82, 2.24) is 19.7 Å². The molecule has 1 N–H and O–H groups in total. The van der Waals surface area contributed by atoms with Crippen molar-refractivity contribution in [3.05, 3.63) is 39.6 Å². The molecule has 0 radical (unpaired) electrons. The highest BCUT2D eigenvalue weighted by atomic mass is 16.5. The number of nitrogens with zero attached hydrogens (tertiary/aromatic N) is 4. The summed E-state index contributed by atoms with van der Waals surface area (Å²) in [6.45, 7) is 5.98. The normalized spacial score (nSPS) is 12.4. The lowest BCUT2D eigenvalue weighted by Crippen LogP contribution is -2.31. The van der Waals surface area contributed by atoms with Crippen LogP contribution in [0.1, 0.15) is 49.4 Å². The fraction of sp³-hybridized carbons (Fsp3) is 0.476. The molecule has 30 heavy (non-hydrogen) atoms. The summed E-state index contributed by atoms with van der Waals surface area (Å²) in [4.78, 5) is 33.4. The number of fused-ring (bicyclic) bond motifs is 1. The van der Waals surface area contributed by atoms with Gasteiger partial charge in [-0.25, -0.2) is 9.97 Å². The van der Waals surface area contributed by atoms with Crippen LogP contribution in [0.15, 0.2) is 21.5 Å². The van der Waals surface area contributed by atoms with Crippen molar-refractivity contribution in [2.75, 3.05) is 13.7 Å². The van der Waals surface area contributed by atoms with Crippen molar-refractivity contribution in [3.63, 3.8) is 0 Å². The number of methoxy groups -OCH3 is 1. The molecule has 0 aliphatic heterocycles. The Bertz CT molecular complexity index is 1100. The Kier molecular flexibility index (Phi) is 6.61. The van der Waals surface area contributed by atoms with Crippen molar-refractivity contribution >= 4 is 17.1 Å². The molecule has 0 spiro atoms. The number of hydrogen-bond donors (Lipinski definition) is 1. The minimum absolute atomic E-state index is 0.0162. The van der Waals surface area contributed by atoms with Gasteiger partial charge >= 0.3 is 5.97 Å². The molecule has 3 rings (SSSR count). The van der Waals surface area contributed by atoms with E-state index in [9.17, 15) is 9.59 Å². The molecule has 9 heteroatoms. The Morgan fingerprint density at radius 2 is 2.07 bits per heavy atom. The van der Waals surface area contributed by atoms with E-state index in [0.717, 1.165) is 11.3 Å². The Balaban J connectivity index is 2.20. The highest BCUT2D eigenvalue weighted by Gasteiger charge is 2.21. The zero-order valence-electron chi connectivity index (χ0n) is 17.6. The van der Waals surface area contributed by atoms with Crippen LogP contribution in [0, 0.1) is 13.8 Å². The van der Waals surface area contributed by atoms with E-state index in [1.165, 1.54) is 0 Å². The van der Waals surface area contributed by atoms with Crippen LogP contribution in [0.2, 0.25) is 0 Å². The molecule has 3 aromatic rings. The number of carboxylic acid groups (broad SMARTS) is 1. The van der Waals surface area contributed by atoms with E-state index in [1.807, 2.05) is 32.9 Å². The first-order valence-electron chi connectivity index (χ1n) is 9.93. The van der Waals surface area contributed by atoms with Gasteiger partial charge in [-0.15, -0.1) is 0 Å². The summed E-state index contributed by atoms with van der Waals surface area (Å²) in [6, 6.07) is 3.42. The number of carboxylic acids is 1. The van der Waals surface area contributed by atoms with Crippen molar-refractivity contribution in [3.8, 4) is 11.3 Å². The van der Waals surface area contributed by atoms with Crippen LogP contribution in [0.3, 0.4) is 0 Å². The summed E-state index contributed by atoms with van der Waals surface area (Å²) in [5, 5.41) is 12.9. The van der Waals surface area contributed by atoms with Gasteiger partial charge in [-0.3, -0.25) is 14.2 Å². The maximum Gasteiger partial charge on any atom is 0.303 e. The lowest BCUT2D eigenvalue weighted by molar-refractivity contribution is -0.137. The molecule has 0 aliphatic rings. The maximum atomic E-state index is 13.3. The van der Waals surface area contributed by atoms with Crippen molar-refractivity contribution in [1.29, 1.82) is 0 Å². The summed E-state index contributed by atoms with van der Waals surface area (Å²) in [6.07, 6.45) is 1.28. The van der Waals surface area contributed by atoms with E-state index >= 15 is 0 Å². The third-order valence-corrected chi connectivity index (χ3v) is 5.09. The van der Waals surface area contributed by atoms with E-state index in [2.05, 4.69) is 10.1 Å². The van der Waals surface area contributed by atoms with Gasteiger partial charge in [0, 0.05) is 13.5 Å². The SMILES string of the molecule is CC[C@@H](COC)n1c(=O)c(CCCC(=O)O)nc2ccc(-c3c(C)noc3C)nc21. The first-order valence-corrected chi connectivity index (χ1v) is 9.93. The lowest BCUT2D eigenvalue weighted by atomic mass is 10.1. The van der Waals surface area contributed by atoms with E-state index in [4.69, 9.17) is 19.4 Å². The van der Waals surface area contributed by atoms with Gasteiger partial charge in [0.2, 0.25) is 0 Å². The quantitative estimate of drug-likeness (QED) is 0.567. The van der Waals surface area contributed by atoms with Gasteiger partial charge < -0.3 is 14.4 Å². The van der Waals surface area contributed by atoms with Gasteiger partial charge in [0.1, 0.15) is 17.0 Å². The standard InChI is InChI=1S/C21H26N4O5/c1-5-14(11-29-4)25-20-16(22-17(21(25)28)7-6-8-18(26)27)10-9-15(23-20)19-12(2)24-30-13(19)3/h9-10,14H,5-8,11H2,1-4H3,(H,26,27)/t14-/m0/s1. The van der Waals surface area contributed by atoms with Crippen molar-refractivity contribution < 1.29 is 19.2 Å². The molecule has 1 atom stereocenters. The van der Waals surface area contributed by atoms with E-state index in [-0.39, 0.29) is 24.4 Å². The van der Waals surface area contributed by atoms with Crippen LogP contribution in [-0.2, 0) is 16.0 Å². The van der Waals surface area contributed by atoms with Crippen molar-refractivity contribution in [2.45, 2.75) is 52.5 Å². The molecule has 0 bridgehead atoms. The number of ether oxygens (including phenoxy) is 1. The largest absolute Gasteiger partial charge is 0.481 e. The van der Waals surface area contributed by atoms with Crippen LogP contribution >= 0.6 is 0 Å². The number of aryl methyl sites for hydroxylation is 3. The van der Waals surface area contributed by atoms with Crippen LogP contribution in [0.5, 0.6) is 0 Å². The second kappa shape index (κ2) is 9.17. The first kappa shape index (κ1) is 21.6. The highest BCUT2D eigenvalue weighted by Crippen LogP contribution is 2.27. The number of pyridine rings is 1. The average Bonchev–Trinajstić information content (AvgIpc) is 3.05. The minimum atomic E-state index is -0.896. The smallest absolute Gasteiger partial charge is 0.303 e. The number of aliphatic carboxylic acids is 1. The fourth-order valence-corrected chi connectivity index (χ4v) is 3.60. The molecule has 0 fully saturated rings. The molecule has 160 valence electrons. The zero-order chi connectivity index (χ0) is 21.8. The minimum Gasteiger partial charge on any atom is -0.481 e. The second-order valence-electron chi connectivity index (χ2n) is 7.24.